The van der Waals surface area contributed by atoms with Crippen molar-refractivity contribution in [2.45, 2.75) is 46.0 Å². The van der Waals surface area contributed by atoms with Crippen molar-refractivity contribution in [3.05, 3.63) is 33.4 Å². The molecule has 1 fully saturated rings. The molecule has 2 heteroatoms. The highest BCUT2D eigenvalue weighted by atomic mass is 127. The molecule has 0 heterocycles. The van der Waals surface area contributed by atoms with E-state index >= 15 is 0 Å². The van der Waals surface area contributed by atoms with Gasteiger partial charge in [-0.15, -0.1) is 0 Å². The number of benzene rings is 1. The number of halogens is 1. The molecule has 0 aromatic heterocycles. The Bertz CT molecular complexity index is 385. The van der Waals surface area contributed by atoms with Crippen LogP contribution in [0.25, 0.3) is 0 Å². The second-order valence-electron chi connectivity index (χ2n) is 6.69. The molecular weight excluding hydrogens is 357 g/mol. The van der Waals surface area contributed by atoms with Gasteiger partial charge < -0.3 is 5.32 Å². The van der Waals surface area contributed by atoms with Gasteiger partial charge in [-0.1, -0.05) is 38.8 Å². The lowest BCUT2D eigenvalue weighted by molar-refractivity contribution is 0.226. The zero-order valence-electron chi connectivity index (χ0n) is 12.9. The molecule has 1 aliphatic carbocycles. The van der Waals surface area contributed by atoms with Gasteiger partial charge in [0.1, 0.15) is 0 Å². The van der Waals surface area contributed by atoms with Crippen molar-refractivity contribution in [1.82, 2.24) is 5.32 Å². The highest BCUT2D eigenvalue weighted by Crippen LogP contribution is 2.32. The minimum absolute atomic E-state index is 0.758. The number of rotatable bonds is 6. The summed E-state index contributed by atoms with van der Waals surface area (Å²) in [7, 11) is 0. The Hall–Kier alpha value is -0.0900. The van der Waals surface area contributed by atoms with Crippen LogP contribution in [-0.2, 0) is 6.42 Å². The van der Waals surface area contributed by atoms with Crippen molar-refractivity contribution in [2.24, 2.45) is 17.8 Å². The zero-order valence-corrected chi connectivity index (χ0v) is 15.0. The quantitative estimate of drug-likeness (QED) is 0.688. The van der Waals surface area contributed by atoms with Crippen molar-refractivity contribution in [3.8, 4) is 0 Å². The standard InChI is InChI=1S/C18H28IN/c1-14(2)12-20-13-17-6-4-3-5-16(17)11-15-7-9-18(19)10-8-15/h7-10,14,16-17,20H,3-6,11-13H2,1-2H3. The van der Waals surface area contributed by atoms with Gasteiger partial charge in [-0.05, 0) is 90.4 Å². The third kappa shape index (κ3) is 5.36. The number of hydrogen-bond donors (Lipinski definition) is 1. The molecule has 0 amide bonds. The third-order valence-corrected chi connectivity index (χ3v) is 5.16. The largest absolute Gasteiger partial charge is 0.316 e. The van der Waals surface area contributed by atoms with Crippen LogP contribution in [0.5, 0.6) is 0 Å². The second kappa shape index (κ2) is 8.38. The van der Waals surface area contributed by atoms with E-state index in [0.717, 1.165) is 24.3 Å². The molecule has 1 aromatic carbocycles. The van der Waals surface area contributed by atoms with E-state index in [1.54, 1.807) is 0 Å². The summed E-state index contributed by atoms with van der Waals surface area (Å²) in [5.41, 5.74) is 1.52. The van der Waals surface area contributed by atoms with E-state index in [9.17, 15) is 0 Å². The molecule has 1 nitrogen and oxygen atoms in total. The molecule has 112 valence electrons. The Balaban J connectivity index is 1.87. The summed E-state index contributed by atoms with van der Waals surface area (Å²) in [6.07, 6.45) is 6.96. The Morgan fingerprint density at radius 1 is 1.10 bits per heavy atom. The van der Waals surface area contributed by atoms with Gasteiger partial charge in [0.15, 0.2) is 0 Å². The van der Waals surface area contributed by atoms with E-state index in [-0.39, 0.29) is 0 Å². The first-order valence-electron chi connectivity index (χ1n) is 8.10. The Morgan fingerprint density at radius 3 is 2.40 bits per heavy atom. The maximum atomic E-state index is 3.68. The predicted molar refractivity (Wildman–Crippen MR) is 96.0 cm³/mol. The van der Waals surface area contributed by atoms with Gasteiger partial charge in [-0.3, -0.25) is 0 Å². The van der Waals surface area contributed by atoms with E-state index in [1.165, 1.54) is 47.8 Å². The first kappa shape index (κ1) is 16.3. The van der Waals surface area contributed by atoms with Gasteiger partial charge in [0, 0.05) is 3.57 Å². The summed E-state index contributed by atoms with van der Waals surface area (Å²) in [4.78, 5) is 0. The minimum atomic E-state index is 0.758. The summed E-state index contributed by atoms with van der Waals surface area (Å²) in [6, 6.07) is 9.11. The first-order valence-corrected chi connectivity index (χ1v) is 9.18. The topological polar surface area (TPSA) is 12.0 Å². The van der Waals surface area contributed by atoms with Crippen LogP contribution in [0.1, 0.15) is 45.1 Å². The van der Waals surface area contributed by atoms with Gasteiger partial charge in [-0.2, -0.15) is 0 Å². The molecule has 2 rings (SSSR count). The lowest BCUT2D eigenvalue weighted by atomic mass is 9.76. The summed E-state index contributed by atoms with van der Waals surface area (Å²) < 4.78 is 1.34. The van der Waals surface area contributed by atoms with E-state index < -0.39 is 0 Å². The molecular formula is C18H28IN. The highest BCUT2D eigenvalue weighted by Gasteiger charge is 2.24. The van der Waals surface area contributed by atoms with Crippen LogP contribution in [0, 0.1) is 21.3 Å². The van der Waals surface area contributed by atoms with Gasteiger partial charge >= 0.3 is 0 Å². The SMILES string of the molecule is CC(C)CNCC1CCCCC1Cc1ccc(I)cc1. The van der Waals surface area contributed by atoms with Crippen LogP contribution in [0.2, 0.25) is 0 Å². The molecule has 1 N–H and O–H groups in total. The Morgan fingerprint density at radius 2 is 1.75 bits per heavy atom. The molecule has 2 unspecified atom stereocenters. The molecule has 1 saturated carbocycles. The van der Waals surface area contributed by atoms with Gasteiger partial charge in [0.05, 0.1) is 0 Å². The Kier molecular flexibility index (Phi) is 6.82. The normalized spacial score (nSPS) is 23.2. The van der Waals surface area contributed by atoms with Crippen LogP contribution in [0.4, 0.5) is 0 Å². The van der Waals surface area contributed by atoms with E-state index in [2.05, 4.69) is 66.0 Å². The maximum absolute atomic E-state index is 3.68. The third-order valence-electron chi connectivity index (χ3n) is 4.44. The molecule has 2 atom stereocenters. The summed E-state index contributed by atoms with van der Waals surface area (Å²) in [5.74, 6) is 2.51. The molecule has 0 saturated heterocycles. The van der Waals surface area contributed by atoms with Crippen molar-refractivity contribution in [1.29, 1.82) is 0 Å². The number of nitrogens with one attached hydrogen (secondary N) is 1. The van der Waals surface area contributed by atoms with E-state index in [0.29, 0.717) is 0 Å². The second-order valence-corrected chi connectivity index (χ2v) is 7.93. The summed E-state index contributed by atoms with van der Waals surface area (Å²) in [5, 5.41) is 3.68. The van der Waals surface area contributed by atoms with Gasteiger partial charge in [-0.25, -0.2) is 0 Å². The molecule has 1 aliphatic rings. The monoisotopic (exact) mass is 385 g/mol. The van der Waals surface area contributed by atoms with Crippen molar-refractivity contribution in [3.63, 3.8) is 0 Å². The number of hydrogen-bond acceptors (Lipinski definition) is 1. The summed E-state index contributed by atoms with van der Waals surface area (Å²) in [6.45, 7) is 6.95. The average molecular weight is 385 g/mol. The molecule has 0 bridgehead atoms. The summed E-state index contributed by atoms with van der Waals surface area (Å²) >= 11 is 2.39. The predicted octanol–water partition coefficient (Wildman–Crippen LogP) is 4.89. The van der Waals surface area contributed by atoms with Crippen LogP contribution >= 0.6 is 22.6 Å². The fourth-order valence-electron chi connectivity index (χ4n) is 3.30. The van der Waals surface area contributed by atoms with Crippen LogP contribution in [-0.4, -0.2) is 13.1 Å². The van der Waals surface area contributed by atoms with E-state index in [4.69, 9.17) is 0 Å². The van der Waals surface area contributed by atoms with Crippen LogP contribution in [0.3, 0.4) is 0 Å². The lowest BCUT2D eigenvalue weighted by Crippen LogP contribution is -2.33. The maximum Gasteiger partial charge on any atom is 0.0130 e. The molecule has 0 spiro atoms. The van der Waals surface area contributed by atoms with Crippen LogP contribution in [0.15, 0.2) is 24.3 Å². The van der Waals surface area contributed by atoms with E-state index in [1.807, 2.05) is 0 Å². The molecule has 20 heavy (non-hydrogen) atoms. The van der Waals surface area contributed by atoms with Crippen molar-refractivity contribution in [2.75, 3.05) is 13.1 Å². The lowest BCUT2D eigenvalue weighted by Gasteiger charge is -2.32. The fourth-order valence-corrected chi connectivity index (χ4v) is 3.66. The van der Waals surface area contributed by atoms with Crippen LogP contribution < -0.4 is 5.32 Å². The average Bonchev–Trinajstić information content (AvgIpc) is 2.43. The van der Waals surface area contributed by atoms with Gasteiger partial charge in [0.2, 0.25) is 0 Å². The minimum Gasteiger partial charge on any atom is -0.316 e. The van der Waals surface area contributed by atoms with Gasteiger partial charge in [0.25, 0.3) is 0 Å². The highest BCUT2D eigenvalue weighted by molar-refractivity contribution is 14.1. The smallest absolute Gasteiger partial charge is 0.0130 e. The molecule has 1 aromatic rings. The molecule has 0 radical (unpaired) electrons. The van der Waals surface area contributed by atoms with Crippen molar-refractivity contribution >= 4 is 22.6 Å². The zero-order chi connectivity index (χ0) is 14.4. The fraction of sp³-hybridized carbons (Fsp3) is 0.667. The first-order chi connectivity index (χ1) is 9.65. The Labute approximate surface area is 138 Å². The van der Waals surface area contributed by atoms with Crippen molar-refractivity contribution < 1.29 is 0 Å². The molecule has 0 aliphatic heterocycles.